The zero-order valence-corrected chi connectivity index (χ0v) is 18.1. The lowest BCUT2D eigenvalue weighted by atomic mass is 10.1. The SMILES string of the molecule is CCN1C(=O)C(=CC=C2Oc3ccc4ccccc4c3N2C)N(c2ccccc2)C1=S. The average Bonchev–Trinajstić information content (AvgIpc) is 3.25. The van der Waals surface area contributed by atoms with Gasteiger partial charge in [-0.25, -0.2) is 0 Å². The zero-order valence-electron chi connectivity index (χ0n) is 17.3. The number of ether oxygens (including phenoxy) is 1. The monoisotopic (exact) mass is 427 g/mol. The minimum Gasteiger partial charge on any atom is -0.439 e. The molecule has 0 atom stereocenters. The van der Waals surface area contributed by atoms with Crippen LogP contribution >= 0.6 is 12.2 Å². The Bertz CT molecular complexity index is 1270. The van der Waals surface area contributed by atoms with Gasteiger partial charge in [-0.3, -0.25) is 14.6 Å². The third-order valence-electron chi connectivity index (χ3n) is 5.59. The van der Waals surface area contributed by atoms with E-state index in [1.807, 2.05) is 78.4 Å². The van der Waals surface area contributed by atoms with Crippen molar-refractivity contribution >= 4 is 45.4 Å². The number of para-hydroxylation sites is 1. The van der Waals surface area contributed by atoms with Crippen LogP contribution in [-0.2, 0) is 4.79 Å². The molecule has 2 aliphatic heterocycles. The van der Waals surface area contributed by atoms with Gasteiger partial charge in [0.1, 0.15) is 5.70 Å². The van der Waals surface area contributed by atoms with Gasteiger partial charge in [-0.1, -0.05) is 48.5 Å². The van der Waals surface area contributed by atoms with E-state index < -0.39 is 0 Å². The highest BCUT2D eigenvalue weighted by atomic mass is 32.1. The van der Waals surface area contributed by atoms with Crippen LogP contribution in [0.15, 0.2) is 90.5 Å². The summed E-state index contributed by atoms with van der Waals surface area (Å²) < 4.78 is 6.11. The molecule has 2 heterocycles. The van der Waals surface area contributed by atoms with Gasteiger partial charge in [0.15, 0.2) is 16.7 Å². The summed E-state index contributed by atoms with van der Waals surface area (Å²) in [6.45, 7) is 2.44. The maximum Gasteiger partial charge on any atom is 0.277 e. The minimum absolute atomic E-state index is 0.114. The first kappa shape index (κ1) is 19.3. The molecule has 0 N–H and O–H groups in total. The largest absolute Gasteiger partial charge is 0.439 e. The average molecular weight is 428 g/mol. The lowest BCUT2D eigenvalue weighted by Gasteiger charge is -2.19. The number of thiocarbonyl (C=S) groups is 1. The molecule has 0 spiro atoms. The van der Waals surface area contributed by atoms with Gasteiger partial charge in [-0.15, -0.1) is 0 Å². The lowest BCUT2D eigenvalue weighted by Crippen LogP contribution is -2.32. The van der Waals surface area contributed by atoms with Crippen LogP contribution in [0.3, 0.4) is 0 Å². The Labute approximate surface area is 186 Å². The molecule has 1 saturated heterocycles. The van der Waals surface area contributed by atoms with E-state index in [0.29, 0.717) is 23.2 Å². The van der Waals surface area contributed by atoms with Crippen molar-refractivity contribution < 1.29 is 9.53 Å². The summed E-state index contributed by atoms with van der Waals surface area (Å²) in [6.07, 6.45) is 3.62. The fourth-order valence-corrected chi connectivity index (χ4v) is 4.46. The van der Waals surface area contributed by atoms with Crippen LogP contribution in [-0.4, -0.2) is 29.5 Å². The summed E-state index contributed by atoms with van der Waals surface area (Å²) in [5.74, 6) is 1.34. The Morgan fingerprint density at radius 1 is 0.968 bits per heavy atom. The van der Waals surface area contributed by atoms with Gasteiger partial charge in [-0.05, 0) is 48.8 Å². The molecular formula is C25H21N3O2S. The highest BCUT2D eigenvalue weighted by molar-refractivity contribution is 7.80. The van der Waals surface area contributed by atoms with Gasteiger partial charge in [0.2, 0.25) is 0 Å². The Morgan fingerprint density at radius 2 is 1.71 bits per heavy atom. The molecule has 6 heteroatoms. The number of likely N-dealkylation sites (N-methyl/N-ethyl adjacent to an activating group) is 1. The summed E-state index contributed by atoms with van der Waals surface area (Å²) in [7, 11) is 1.97. The quantitative estimate of drug-likeness (QED) is 0.432. The Morgan fingerprint density at radius 3 is 2.48 bits per heavy atom. The van der Waals surface area contributed by atoms with E-state index in [1.54, 1.807) is 11.0 Å². The summed E-state index contributed by atoms with van der Waals surface area (Å²) >= 11 is 5.61. The molecular weight excluding hydrogens is 406 g/mol. The predicted molar refractivity (Wildman–Crippen MR) is 128 cm³/mol. The van der Waals surface area contributed by atoms with Crippen molar-refractivity contribution in [2.24, 2.45) is 0 Å². The van der Waals surface area contributed by atoms with E-state index in [4.69, 9.17) is 17.0 Å². The van der Waals surface area contributed by atoms with Crippen LogP contribution in [0, 0.1) is 0 Å². The van der Waals surface area contributed by atoms with Crippen LogP contribution in [0.5, 0.6) is 5.75 Å². The molecule has 0 aliphatic carbocycles. The Kier molecular flexibility index (Phi) is 4.71. The molecule has 31 heavy (non-hydrogen) atoms. The summed E-state index contributed by atoms with van der Waals surface area (Å²) in [5, 5.41) is 2.76. The first-order chi connectivity index (χ1) is 15.1. The number of benzene rings is 3. The second-order valence-corrected chi connectivity index (χ2v) is 7.72. The fourth-order valence-electron chi connectivity index (χ4n) is 4.05. The topological polar surface area (TPSA) is 36.0 Å². The zero-order chi connectivity index (χ0) is 21.5. The smallest absolute Gasteiger partial charge is 0.277 e. The summed E-state index contributed by atoms with van der Waals surface area (Å²) in [6, 6.07) is 22.0. The van der Waals surface area contributed by atoms with E-state index in [9.17, 15) is 4.79 Å². The number of fused-ring (bicyclic) bond motifs is 3. The van der Waals surface area contributed by atoms with Crippen LogP contribution in [0.1, 0.15) is 6.92 Å². The van der Waals surface area contributed by atoms with Crippen LogP contribution < -0.4 is 14.5 Å². The van der Waals surface area contributed by atoms with Crippen molar-refractivity contribution in [1.29, 1.82) is 0 Å². The molecule has 154 valence electrons. The van der Waals surface area contributed by atoms with E-state index in [1.165, 1.54) is 0 Å². The number of anilines is 2. The fraction of sp³-hybridized carbons (Fsp3) is 0.120. The third-order valence-corrected chi connectivity index (χ3v) is 5.99. The molecule has 1 amide bonds. The molecule has 0 aromatic heterocycles. The van der Waals surface area contributed by atoms with Crippen molar-refractivity contribution in [3.63, 3.8) is 0 Å². The van der Waals surface area contributed by atoms with E-state index in [2.05, 4.69) is 18.2 Å². The molecule has 3 aromatic rings. The maximum atomic E-state index is 13.1. The number of amides is 1. The van der Waals surface area contributed by atoms with E-state index >= 15 is 0 Å². The lowest BCUT2D eigenvalue weighted by molar-refractivity contribution is -0.122. The number of nitrogens with zero attached hydrogens (tertiary/aromatic N) is 3. The molecule has 0 radical (unpaired) electrons. The first-order valence-electron chi connectivity index (χ1n) is 10.2. The highest BCUT2D eigenvalue weighted by Gasteiger charge is 2.37. The Balaban J connectivity index is 1.55. The minimum atomic E-state index is -0.114. The summed E-state index contributed by atoms with van der Waals surface area (Å²) in [5.41, 5.74) is 2.38. The molecule has 0 bridgehead atoms. The second kappa shape index (κ2) is 7.56. The number of carbonyl (C=O) groups excluding carboxylic acids is 1. The number of hydrogen-bond acceptors (Lipinski definition) is 4. The maximum absolute atomic E-state index is 13.1. The number of hydrogen-bond donors (Lipinski definition) is 0. The number of rotatable bonds is 3. The van der Waals surface area contributed by atoms with Gasteiger partial charge in [0.05, 0.1) is 5.69 Å². The van der Waals surface area contributed by atoms with Gasteiger partial charge in [0, 0.05) is 30.7 Å². The number of allylic oxidation sites excluding steroid dienone is 2. The molecule has 5 rings (SSSR count). The Hall–Kier alpha value is -3.64. The second-order valence-electron chi connectivity index (χ2n) is 7.35. The third kappa shape index (κ3) is 3.07. The normalized spacial score (nSPS) is 18.5. The number of carbonyl (C=O) groups is 1. The van der Waals surface area contributed by atoms with Crippen LogP contribution in [0.2, 0.25) is 0 Å². The van der Waals surface area contributed by atoms with E-state index in [0.717, 1.165) is 27.9 Å². The van der Waals surface area contributed by atoms with E-state index in [-0.39, 0.29) is 5.91 Å². The van der Waals surface area contributed by atoms with Crippen molar-refractivity contribution in [3.05, 3.63) is 90.5 Å². The van der Waals surface area contributed by atoms with Crippen LogP contribution in [0.25, 0.3) is 10.8 Å². The molecule has 0 unspecified atom stereocenters. The molecule has 2 aliphatic rings. The van der Waals surface area contributed by atoms with Gasteiger partial charge < -0.3 is 9.64 Å². The summed E-state index contributed by atoms with van der Waals surface area (Å²) in [4.78, 5) is 18.5. The van der Waals surface area contributed by atoms with Crippen molar-refractivity contribution in [3.8, 4) is 5.75 Å². The van der Waals surface area contributed by atoms with Gasteiger partial charge in [-0.2, -0.15) is 0 Å². The van der Waals surface area contributed by atoms with Crippen molar-refractivity contribution in [2.45, 2.75) is 6.92 Å². The van der Waals surface area contributed by atoms with Crippen LogP contribution in [0.4, 0.5) is 11.4 Å². The molecule has 0 saturated carbocycles. The highest BCUT2D eigenvalue weighted by Crippen LogP contribution is 2.43. The van der Waals surface area contributed by atoms with Crippen molar-refractivity contribution in [2.75, 3.05) is 23.4 Å². The van der Waals surface area contributed by atoms with Gasteiger partial charge in [0.25, 0.3) is 5.91 Å². The molecule has 1 fully saturated rings. The molecule has 3 aromatic carbocycles. The standard InChI is InChI=1S/C25H21N3O2S/c1-3-27-24(29)20(28(25(27)31)18-10-5-4-6-11-18)14-16-22-26(2)23-19-12-8-7-9-17(19)13-15-21(23)30-22/h4-16H,3H2,1-2H3. The first-order valence-corrected chi connectivity index (χ1v) is 10.6. The van der Waals surface area contributed by atoms with Gasteiger partial charge >= 0.3 is 0 Å². The predicted octanol–water partition coefficient (Wildman–Crippen LogP) is 5.05. The van der Waals surface area contributed by atoms with Crippen molar-refractivity contribution in [1.82, 2.24) is 4.90 Å². The molecule has 5 nitrogen and oxygen atoms in total.